The molecule has 0 radical (unpaired) electrons. The van der Waals surface area contributed by atoms with Crippen LogP contribution < -0.4 is 10.6 Å². The van der Waals surface area contributed by atoms with Gasteiger partial charge in [0, 0.05) is 43.3 Å². The van der Waals surface area contributed by atoms with Crippen LogP contribution in [0.2, 0.25) is 0 Å². The van der Waals surface area contributed by atoms with E-state index in [9.17, 15) is 9.59 Å². The van der Waals surface area contributed by atoms with Crippen molar-refractivity contribution in [1.29, 1.82) is 0 Å². The van der Waals surface area contributed by atoms with E-state index in [0.29, 0.717) is 57.2 Å². The zero-order valence-corrected chi connectivity index (χ0v) is 15.8. The fourth-order valence-corrected chi connectivity index (χ4v) is 3.01. The fourth-order valence-electron chi connectivity index (χ4n) is 3.01. The molecule has 1 atom stereocenters. The third kappa shape index (κ3) is 5.41. The Morgan fingerprint density at radius 3 is 2.69 bits per heavy atom. The lowest BCUT2D eigenvalue weighted by atomic mass is 10.1. The van der Waals surface area contributed by atoms with Crippen molar-refractivity contribution >= 4 is 29.9 Å². The first-order chi connectivity index (χ1) is 12.1. The summed E-state index contributed by atoms with van der Waals surface area (Å²) in [7, 11) is 0. The minimum absolute atomic E-state index is 0. The van der Waals surface area contributed by atoms with Crippen LogP contribution in [0.3, 0.4) is 0 Å². The van der Waals surface area contributed by atoms with E-state index >= 15 is 0 Å². The minimum Gasteiger partial charge on any atom is -0.378 e. The number of anilines is 1. The molecule has 8 heteroatoms. The smallest absolute Gasteiger partial charge is 0.254 e. The highest BCUT2D eigenvalue weighted by atomic mass is 35.5. The number of hydrogen-bond donors (Lipinski definition) is 2. The molecule has 2 heterocycles. The Hall–Kier alpha value is -1.67. The van der Waals surface area contributed by atoms with Crippen molar-refractivity contribution in [2.75, 3.05) is 51.4 Å². The number of nitrogens with zero attached hydrogens (tertiary/aromatic N) is 1. The molecular weight excluding hydrogens is 358 g/mol. The van der Waals surface area contributed by atoms with Crippen LogP contribution in [-0.2, 0) is 14.3 Å². The van der Waals surface area contributed by atoms with Crippen molar-refractivity contribution < 1.29 is 19.1 Å². The van der Waals surface area contributed by atoms with Crippen LogP contribution in [-0.4, -0.2) is 68.8 Å². The van der Waals surface area contributed by atoms with E-state index < -0.39 is 0 Å². The largest absolute Gasteiger partial charge is 0.378 e. The number of carbonyl (C=O) groups is 2. The Balaban J connectivity index is 0.00000243. The number of nitrogens with one attached hydrogen (secondary N) is 2. The van der Waals surface area contributed by atoms with Gasteiger partial charge in [-0.2, -0.15) is 0 Å². The van der Waals surface area contributed by atoms with E-state index in [0.717, 1.165) is 12.1 Å². The summed E-state index contributed by atoms with van der Waals surface area (Å²) in [6.07, 6.45) is 0.348. The molecule has 0 spiro atoms. The molecule has 1 aromatic rings. The Bertz CT molecular complexity index is 629. The molecular formula is C18H26ClN3O4. The maximum Gasteiger partial charge on any atom is 0.254 e. The van der Waals surface area contributed by atoms with Crippen molar-refractivity contribution in [3.05, 3.63) is 29.3 Å². The first-order valence-electron chi connectivity index (χ1n) is 8.72. The summed E-state index contributed by atoms with van der Waals surface area (Å²) in [6.45, 7) is 6.24. The molecule has 1 unspecified atom stereocenters. The normalized spacial score (nSPS) is 20.2. The molecule has 0 aromatic heterocycles. The molecule has 1 aromatic carbocycles. The SMILES string of the molecule is Cc1ccc(C(=O)N2CCOCC2)cc1NC(=O)CC1COCCN1.Cl. The number of hydrogen-bond acceptors (Lipinski definition) is 5. The van der Waals surface area contributed by atoms with Gasteiger partial charge in [0.1, 0.15) is 0 Å². The Labute approximate surface area is 159 Å². The third-order valence-electron chi connectivity index (χ3n) is 4.49. The molecule has 144 valence electrons. The van der Waals surface area contributed by atoms with E-state index in [1.54, 1.807) is 17.0 Å². The van der Waals surface area contributed by atoms with Crippen LogP contribution in [0, 0.1) is 6.92 Å². The average Bonchev–Trinajstić information content (AvgIpc) is 2.64. The average molecular weight is 384 g/mol. The molecule has 26 heavy (non-hydrogen) atoms. The van der Waals surface area contributed by atoms with Gasteiger partial charge in [0.25, 0.3) is 5.91 Å². The summed E-state index contributed by atoms with van der Waals surface area (Å²) < 4.78 is 10.7. The summed E-state index contributed by atoms with van der Waals surface area (Å²) in [5, 5.41) is 6.19. The molecule has 0 saturated carbocycles. The van der Waals surface area contributed by atoms with Gasteiger partial charge in [-0.05, 0) is 24.6 Å². The van der Waals surface area contributed by atoms with Crippen molar-refractivity contribution in [3.8, 4) is 0 Å². The Kier molecular flexibility index (Phi) is 7.84. The molecule has 2 aliphatic heterocycles. The van der Waals surface area contributed by atoms with Gasteiger partial charge in [0.15, 0.2) is 0 Å². The van der Waals surface area contributed by atoms with E-state index in [2.05, 4.69) is 10.6 Å². The first-order valence-corrected chi connectivity index (χ1v) is 8.72. The van der Waals surface area contributed by atoms with Gasteiger partial charge in [-0.3, -0.25) is 9.59 Å². The number of rotatable bonds is 4. The van der Waals surface area contributed by atoms with Gasteiger partial charge >= 0.3 is 0 Å². The van der Waals surface area contributed by atoms with Gasteiger partial charge in [0.05, 0.1) is 26.4 Å². The van der Waals surface area contributed by atoms with Crippen molar-refractivity contribution in [1.82, 2.24) is 10.2 Å². The van der Waals surface area contributed by atoms with Crippen LogP contribution in [0.4, 0.5) is 5.69 Å². The fraction of sp³-hybridized carbons (Fsp3) is 0.556. The zero-order valence-electron chi connectivity index (χ0n) is 15.0. The van der Waals surface area contributed by atoms with Crippen LogP contribution in [0.1, 0.15) is 22.3 Å². The standard InChI is InChI=1S/C18H25N3O4.ClH/c1-13-2-3-14(18(23)21-5-8-24-9-6-21)10-16(13)20-17(22)11-15-12-25-7-4-19-15;/h2-3,10,15,19H,4-9,11-12H2,1H3,(H,20,22);1H. The second kappa shape index (κ2) is 9.87. The zero-order chi connectivity index (χ0) is 17.6. The quantitative estimate of drug-likeness (QED) is 0.816. The van der Waals surface area contributed by atoms with Crippen LogP contribution in [0.15, 0.2) is 18.2 Å². The van der Waals surface area contributed by atoms with Gasteiger partial charge < -0.3 is 25.0 Å². The molecule has 2 aliphatic rings. The highest BCUT2D eigenvalue weighted by Crippen LogP contribution is 2.19. The predicted octanol–water partition coefficient (Wildman–Crippen LogP) is 1.21. The highest BCUT2D eigenvalue weighted by molar-refractivity contribution is 5.98. The molecule has 2 amide bonds. The number of carbonyl (C=O) groups excluding carboxylic acids is 2. The Morgan fingerprint density at radius 1 is 1.23 bits per heavy atom. The molecule has 3 rings (SSSR count). The lowest BCUT2D eigenvalue weighted by Crippen LogP contribution is -2.43. The maximum absolute atomic E-state index is 12.6. The minimum atomic E-state index is -0.0814. The van der Waals surface area contributed by atoms with E-state index in [4.69, 9.17) is 9.47 Å². The van der Waals surface area contributed by atoms with Gasteiger partial charge in [-0.15, -0.1) is 12.4 Å². The molecule has 0 aliphatic carbocycles. The number of amides is 2. The van der Waals surface area contributed by atoms with Gasteiger partial charge in [0.2, 0.25) is 5.91 Å². The Morgan fingerprint density at radius 2 is 2.00 bits per heavy atom. The van der Waals surface area contributed by atoms with E-state index in [-0.39, 0.29) is 30.3 Å². The number of halogens is 1. The van der Waals surface area contributed by atoms with Crippen molar-refractivity contribution in [2.24, 2.45) is 0 Å². The van der Waals surface area contributed by atoms with Gasteiger partial charge in [-0.1, -0.05) is 6.07 Å². The number of ether oxygens (including phenoxy) is 2. The predicted molar refractivity (Wildman–Crippen MR) is 101 cm³/mol. The first kappa shape index (κ1) is 20.6. The number of aryl methyl sites for hydroxylation is 1. The molecule has 2 N–H and O–H groups in total. The summed E-state index contributed by atoms with van der Waals surface area (Å²) >= 11 is 0. The van der Waals surface area contributed by atoms with Crippen molar-refractivity contribution in [3.63, 3.8) is 0 Å². The third-order valence-corrected chi connectivity index (χ3v) is 4.49. The van der Waals surface area contributed by atoms with Crippen LogP contribution in [0.5, 0.6) is 0 Å². The molecule has 7 nitrogen and oxygen atoms in total. The van der Waals surface area contributed by atoms with Crippen LogP contribution >= 0.6 is 12.4 Å². The number of morpholine rings is 2. The molecule has 2 fully saturated rings. The highest BCUT2D eigenvalue weighted by Gasteiger charge is 2.20. The van der Waals surface area contributed by atoms with Crippen LogP contribution in [0.25, 0.3) is 0 Å². The van der Waals surface area contributed by atoms with Gasteiger partial charge in [-0.25, -0.2) is 0 Å². The second-order valence-corrected chi connectivity index (χ2v) is 6.41. The van der Waals surface area contributed by atoms with E-state index in [1.165, 1.54) is 0 Å². The summed E-state index contributed by atoms with van der Waals surface area (Å²) in [5.74, 6) is -0.108. The lowest BCUT2D eigenvalue weighted by Gasteiger charge is -2.27. The molecule has 2 saturated heterocycles. The second-order valence-electron chi connectivity index (χ2n) is 6.41. The summed E-state index contributed by atoms with van der Waals surface area (Å²) in [6, 6.07) is 5.47. The molecule has 0 bridgehead atoms. The van der Waals surface area contributed by atoms with E-state index in [1.807, 2.05) is 13.0 Å². The number of benzene rings is 1. The van der Waals surface area contributed by atoms with Crippen molar-refractivity contribution in [2.45, 2.75) is 19.4 Å². The summed E-state index contributed by atoms with van der Waals surface area (Å²) in [5.41, 5.74) is 2.20. The topological polar surface area (TPSA) is 79.9 Å². The lowest BCUT2D eigenvalue weighted by molar-refractivity contribution is -0.117. The monoisotopic (exact) mass is 383 g/mol. The maximum atomic E-state index is 12.6. The summed E-state index contributed by atoms with van der Waals surface area (Å²) in [4.78, 5) is 26.7.